The molecule has 1 fully saturated rings. The quantitative estimate of drug-likeness (QED) is 0.836. The summed E-state index contributed by atoms with van der Waals surface area (Å²) in [5.74, 6) is -0.249. The summed E-state index contributed by atoms with van der Waals surface area (Å²) in [5, 5.41) is 12.5. The number of amides is 2. The van der Waals surface area contributed by atoms with Crippen molar-refractivity contribution in [1.82, 2.24) is 10.2 Å². The Kier molecular flexibility index (Phi) is 6.16. The minimum absolute atomic E-state index is 0.0311. The van der Waals surface area contributed by atoms with Gasteiger partial charge in [-0.2, -0.15) is 0 Å². The predicted molar refractivity (Wildman–Crippen MR) is 88.4 cm³/mol. The van der Waals surface area contributed by atoms with Crippen molar-refractivity contribution in [3.63, 3.8) is 0 Å². The van der Waals surface area contributed by atoms with Gasteiger partial charge in [0, 0.05) is 25.4 Å². The molecule has 2 N–H and O–H groups in total. The molecule has 0 aliphatic carbocycles. The molecule has 0 aromatic heterocycles. The van der Waals surface area contributed by atoms with E-state index in [0.717, 1.165) is 5.56 Å². The first-order valence-corrected chi connectivity index (χ1v) is 8.25. The van der Waals surface area contributed by atoms with E-state index < -0.39 is 0 Å². The summed E-state index contributed by atoms with van der Waals surface area (Å²) in [4.78, 5) is 26.3. The van der Waals surface area contributed by atoms with Crippen LogP contribution < -0.4 is 5.32 Å². The number of benzene rings is 1. The lowest BCUT2D eigenvalue weighted by molar-refractivity contribution is -0.144. The molecule has 1 saturated heterocycles. The number of nitrogens with zero attached hydrogens (tertiary/aromatic N) is 1. The fourth-order valence-corrected chi connectivity index (χ4v) is 3.04. The molecule has 0 unspecified atom stereocenters. The topological polar surface area (TPSA) is 69.6 Å². The van der Waals surface area contributed by atoms with Crippen molar-refractivity contribution in [3.05, 3.63) is 35.9 Å². The van der Waals surface area contributed by atoms with Crippen LogP contribution in [0.1, 0.15) is 32.3 Å². The van der Waals surface area contributed by atoms with Crippen LogP contribution in [0.5, 0.6) is 0 Å². The average Bonchev–Trinajstić information content (AvgIpc) is 2.54. The van der Waals surface area contributed by atoms with E-state index in [4.69, 9.17) is 0 Å². The van der Waals surface area contributed by atoms with Crippen molar-refractivity contribution >= 4 is 11.8 Å². The summed E-state index contributed by atoms with van der Waals surface area (Å²) in [6.07, 6.45) is 0.895. The molecular formula is C18H26N2O3. The van der Waals surface area contributed by atoms with Gasteiger partial charge in [-0.3, -0.25) is 9.59 Å². The van der Waals surface area contributed by atoms with Gasteiger partial charge in [0.05, 0.1) is 12.6 Å². The van der Waals surface area contributed by atoms with Crippen molar-refractivity contribution in [1.29, 1.82) is 0 Å². The zero-order chi connectivity index (χ0) is 16.8. The number of hydrogen-bond donors (Lipinski definition) is 2. The largest absolute Gasteiger partial charge is 0.394 e. The molecule has 23 heavy (non-hydrogen) atoms. The number of aliphatic hydroxyl groups excluding tert-OH is 1. The van der Waals surface area contributed by atoms with E-state index in [-0.39, 0.29) is 42.7 Å². The smallest absolute Gasteiger partial charge is 0.226 e. The lowest BCUT2D eigenvalue weighted by atomic mass is 9.93. The fraction of sp³-hybridized carbons (Fsp3) is 0.556. The van der Waals surface area contributed by atoms with E-state index in [1.807, 2.05) is 44.2 Å². The van der Waals surface area contributed by atoms with Crippen molar-refractivity contribution in [2.45, 2.75) is 39.3 Å². The highest BCUT2D eigenvalue weighted by molar-refractivity contribution is 5.87. The third-order valence-corrected chi connectivity index (χ3v) is 4.43. The van der Waals surface area contributed by atoms with Crippen molar-refractivity contribution in [3.8, 4) is 0 Å². The number of rotatable bonds is 6. The molecule has 0 bridgehead atoms. The normalized spacial score (nSPS) is 19.3. The first kappa shape index (κ1) is 17.5. The number of nitrogens with one attached hydrogen (secondary N) is 1. The molecule has 5 heteroatoms. The number of carbonyl (C=O) groups is 2. The molecule has 1 heterocycles. The summed E-state index contributed by atoms with van der Waals surface area (Å²) in [5.41, 5.74) is 1.03. The van der Waals surface area contributed by atoms with Crippen LogP contribution in [0.2, 0.25) is 0 Å². The van der Waals surface area contributed by atoms with Crippen LogP contribution in [0.25, 0.3) is 0 Å². The Labute approximate surface area is 137 Å². The van der Waals surface area contributed by atoms with Crippen molar-refractivity contribution < 1.29 is 14.7 Å². The molecule has 1 aromatic rings. The first-order chi connectivity index (χ1) is 11.0. The Balaban J connectivity index is 2.21. The SMILES string of the molecule is CC(C)[C@@H](CO)N(Cc1ccccc1)C(=O)[C@H]1CCNC(=O)C1. The average molecular weight is 318 g/mol. The van der Waals surface area contributed by atoms with Crippen LogP contribution >= 0.6 is 0 Å². The molecule has 2 amide bonds. The molecule has 0 spiro atoms. The molecule has 2 rings (SSSR count). The Morgan fingerprint density at radius 3 is 2.61 bits per heavy atom. The second-order valence-electron chi connectivity index (χ2n) is 6.49. The van der Waals surface area contributed by atoms with Gasteiger partial charge in [-0.05, 0) is 17.9 Å². The maximum atomic E-state index is 13.0. The number of carbonyl (C=O) groups excluding carboxylic acids is 2. The van der Waals surface area contributed by atoms with E-state index in [0.29, 0.717) is 19.5 Å². The first-order valence-electron chi connectivity index (χ1n) is 8.25. The van der Waals surface area contributed by atoms with Gasteiger partial charge in [0.25, 0.3) is 0 Å². The van der Waals surface area contributed by atoms with Gasteiger partial charge in [-0.25, -0.2) is 0 Å². The second-order valence-corrected chi connectivity index (χ2v) is 6.49. The summed E-state index contributed by atoms with van der Waals surface area (Å²) >= 11 is 0. The summed E-state index contributed by atoms with van der Waals surface area (Å²) < 4.78 is 0. The second kappa shape index (κ2) is 8.11. The number of hydrogen-bond acceptors (Lipinski definition) is 3. The third-order valence-electron chi connectivity index (χ3n) is 4.43. The lowest BCUT2D eigenvalue weighted by Gasteiger charge is -2.36. The van der Waals surface area contributed by atoms with Crippen LogP contribution in [0, 0.1) is 11.8 Å². The Morgan fingerprint density at radius 1 is 1.35 bits per heavy atom. The van der Waals surface area contributed by atoms with E-state index in [9.17, 15) is 14.7 Å². The molecule has 1 aromatic carbocycles. The van der Waals surface area contributed by atoms with Crippen LogP contribution in [0.3, 0.4) is 0 Å². The highest BCUT2D eigenvalue weighted by Gasteiger charge is 2.33. The third kappa shape index (κ3) is 4.55. The molecule has 1 aliphatic heterocycles. The molecule has 0 saturated carbocycles. The van der Waals surface area contributed by atoms with Gasteiger partial charge in [0.15, 0.2) is 0 Å². The number of piperidine rings is 1. The van der Waals surface area contributed by atoms with Gasteiger partial charge in [-0.1, -0.05) is 44.2 Å². The maximum Gasteiger partial charge on any atom is 0.226 e. The Morgan fingerprint density at radius 2 is 2.04 bits per heavy atom. The molecule has 0 radical (unpaired) electrons. The minimum atomic E-state index is -0.291. The molecule has 5 nitrogen and oxygen atoms in total. The summed E-state index contributed by atoms with van der Waals surface area (Å²) in [7, 11) is 0. The standard InChI is InChI=1S/C18H26N2O3/c1-13(2)16(12-21)20(11-14-6-4-3-5-7-14)18(23)15-8-9-19-17(22)10-15/h3-7,13,15-16,21H,8-12H2,1-2H3,(H,19,22)/t15-,16+/m0/s1. The van der Waals surface area contributed by atoms with Crippen molar-refractivity contribution in [2.75, 3.05) is 13.2 Å². The monoisotopic (exact) mass is 318 g/mol. The van der Waals surface area contributed by atoms with Gasteiger partial charge in [0.2, 0.25) is 11.8 Å². The lowest BCUT2D eigenvalue weighted by Crippen LogP contribution is -2.49. The predicted octanol–water partition coefficient (Wildman–Crippen LogP) is 1.56. The van der Waals surface area contributed by atoms with Gasteiger partial charge < -0.3 is 15.3 Å². The minimum Gasteiger partial charge on any atom is -0.394 e. The summed E-state index contributed by atoms with van der Waals surface area (Å²) in [6.45, 7) is 4.93. The van der Waals surface area contributed by atoms with E-state index in [2.05, 4.69) is 5.32 Å². The van der Waals surface area contributed by atoms with E-state index in [1.165, 1.54) is 0 Å². The van der Waals surface area contributed by atoms with Crippen LogP contribution in [-0.4, -0.2) is 41.0 Å². The van der Waals surface area contributed by atoms with Crippen molar-refractivity contribution in [2.24, 2.45) is 11.8 Å². The zero-order valence-corrected chi connectivity index (χ0v) is 13.9. The van der Waals surface area contributed by atoms with Crippen LogP contribution in [0.15, 0.2) is 30.3 Å². The van der Waals surface area contributed by atoms with Gasteiger partial charge in [0.1, 0.15) is 0 Å². The highest BCUT2D eigenvalue weighted by atomic mass is 16.3. The maximum absolute atomic E-state index is 13.0. The van der Waals surface area contributed by atoms with Crippen LogP contribution in [0.4, 0.5) is 0 Å². The van der Waals surface area contributed by atoms with E-state index in [1.54, 1.807) is 4.90 Å². The number of aliphatic hydroxyl groups is 1. The fourth-order valence-electron chi connectivity index (χ4n) is 3.04. The highest BCUT2D eigenvalue weighted by Crippen LogP contribution is 2.22. The van der Waals surface area contributed by atoms with Gasteiger partial charge >= 0.3 is 0 Å². The molecule has 1 aliphatic rings. The molecule has 2 atom stereocenters. The Bertz CT molecular complexity index is 530. The summed E-state index contributed by atoms with van der Waals surface area (Å²) in [6, 6.07) is 9.52. The van der Waals surface area contributed by atoms with Crippen LogP contribution in [-0.2, 0) is 16.1 Å². The zero-order valence-electron chi connectivity index (χ0n) is 13.9. The van der Waals surface area contributed by atoms with Gasteiger partial charge in [-0.15, -0.1) is 0 Å². The Hall–Kier alpha value is -1.88. The van der Waals surface area contributed by atoms with E-state index >= 15 is 0 Å². The molecular weight excluding hydrogens is 292 g/mol. The molecule has 126 valence electrons.